The third kappa shape index (κ3) is 1.95. The lowest BCUT2D eigenvalue weighted by molar-refractivity contribution is 0.813. The number of H-pyrrole nitrogens is 1. The number of hydrogen-bond donors (Lipinski definition) is 2. The van der Waals surface area contributed by atoms with Crippen LogP contribution in [-0.4, -0.2) is 19.5 Å². The predicted octanol–water partition coefficient (Wildman–Crippen LogP) is 2.22. The van der Waals surface area contributed by atoms with Crippen LogP contribution in [0.4, 0.5) is 5.69 Å². The van der Waals surface area contributed by atoms with Crippen molar-refractivity contribution in [3.63, 3.8) is 0 Å². The average molecular weight is 241 g/mol. The summed E-state index contributed by atoms with van der Waals surface area (Å²) in [6.45, 7) is 2.67. The van der Waals surface area contributed by atoms with Gasteiger partial charge in [0.25, 0.3) is 0 Å². The molecular formula is C13H15N5. The van der Waals surface area contributed by atoms with E-state index in [4.69, 9.17) is 0 Å². The molecule has 3 rings (SSSR count). The Morgan fingerprint density at radius 2 is 2.28 bits per heavy atom. The second kappa shape index (κ2) is 4.18. The quantitative estimate of drug-likeness (QED) is 0.739. The Balaban J connectivity index is 1.80. The van der Waals surface area contributed by atoms with Gasteiger partial charge in [-0.1, -0.05) is 0 Å². The van der Waals surface area contributed by atoms with Crippen molar-refractivity contribution in [3.05, 3.63) is 42.2 Å². The molecule has 0 aliphatic heterocycles. The summed E-state index contributed by atoms with van der Waals surface area (Å²) in [4.78, 5) is 11.9. The smallest absolute Gasteiger partial charge is 0.127 e. The molecule has 0 aliphatic carbocycles. The van der Waals surface area contributed by atoms with Crippen molar-refractivity contribution >= 4 is 16.7 Å². The van der Waals surface area contributed by atoms with Crippen LogP contribution >= 0.6 is 0 Å². The lowest BCUT2D eigenvalue weighted by Crippen LogP contribution is -2.05. The predicted molar refractivity (Wildman–Crippen MR) is 71.4 cm³/mol. The zero-order valence-corrected chi connectivity index (χ0v) is 10.4. The standard InChI is InChI=1S/C13H15N5/c1-9-16-11-4-3-10(7-12(11)17-9)15-8-13-14-5-6-18(13)2/h3-7,15H,8H2,1-2H3,(H,16,17). The molecule has 92 valence electrons. The van der Waals surface area contributed by atoms with E-state index in [2.05, 4.69) is 26.3 Å². The zero-order valence-electron chi connectivity index (χ0n) is 10.4. The lowest BCUT2D eigenvalue weighted by atomic mass is 10.3. The minimum atomic E-state index is 0.710. The highest BCUT2D eigenvalue weighted by molar-refractivity contribution is 5.79. The van der Waals surface area contributed by atoms with Gasteiger partial charge in [0, 0.05) is 25.1 Å². The van der Waals surface area contributed by atoms with Gasteiger partial charge in [0.2, 0.25) is 0 Å². The minimum absolute atomic E-state index is 0.710. The van der Waals surface area contributed by atoms with E-state index in [-0.39, 0.29) is 0 Å². The maximum Gasteiger partial charge on any atom is 0.127 e. The van der Waals surface area contributed by atoms with Crippen LogP contribution < -0.4 is 5.32 Å². The lowest BCUT2D eigenvalue weighted by Gasteiger charge is -2.06. The van der Waals surface area contributed by atoms with E-state index in [0.29, 0.717) is 6.54 Å². The molecule has 2 aromatic heterocycles. The Kier molecular flexibility index (Phi) is 2.51. The number of anilines is 1. The van der Waals surface area contributed by atoms with Crippen LogP contribution in [0.15, 0.2) is 30.6 Å². The molecule has 5 nitrogen and oxygen atoms in total. The summed E-state index contributed by atoms with van der Waals surface area (Å²) < 4.78 is 2.01. The first-order valence-electron chi connectivity index (χ1n) is 5.89. The average Bonchev–Trinajstić information content (AvgIpc) is 2.90. The zero-order chi connectivity index (χ0) is 12.5. The SMILES string of the molecule is Cc1nc2ccc(NCc3nccn3C)cc2[nH]1. The number of aromatic amines is 1. The van der Waals surface area contributed by atoms with Crippen molar-refractivity contribution in [1.29, 1.82) is 0 Å². The Bertz CT molecular complexity index is 680. The molecule has 0 saturated carbocycles. The Hall–Kier alpha value is -2.30. The van der Waals surface area contributed by atoms with Gasteiger partial charge in [-0.15, -0.1) is 0 Å². The molecule has 0 atom stereocenters. The number of aryl methyl sites for hydroxylation is 2. The molecule has 0 aliphatic rings. The van der Waals surface area contributed by atoms with Crippen LogP contribution in [0.2, 0.25) is 0 Å². The van der Waals surface area contributed by atoms with E-state index in [1.165, 1.54) is 0 Å². The van der Waals surface area contributed by atoms with Gasteiger partial charge in [0.05, 0.1) is 17.6 Å². The van der Waals surface area contributed by atoms with E-state index < -0.39 is 0 Å². The second-order valence-corrected chi connectivity index (χ2v) is 4.36. The van der Waals surface area contributed by atoms with Gasteiger partial charge in [0.15, 0.2) is 0 Å². The van der Waals surface area contributed by atoms with Crippen LogP contribution in [0, 0.1) is 6.92 Å². The van der Waals surface area contributed by atoms with Crippen LogP contribution in [0.1, 0.15) is 11.6 Å². The van der Waals surface area contributed by atoms with Crippen molar-refractivity contribution in [1.82, 2.24) is 19.5 Å². The fraction of sp³-hybridized carbons (Fsp3) is 0.231. The maximum atomic E-state index is 4.38. The first-order valence-corrected chi connectivity index (χ1v) is 5.89. The third-order valence-corrected chi connectivity index (χ3v) is 2.97. The molecule has 0 unspecified atom stereocenters. The number of benzene rings is 1. The van der Waals surface area contributed by atoms with Gasteiger partial charge in [-0.2, -0.15) is 0 Å². The number of nitrogens with zero attached hydrogens (tertiary/aromatic N) is 3. The van der Waals surface area contributed by atoms with Crippen molar-refractivity contribution in [2.45, 2.75) is 13.5 Å². The summed E-state index contributed by atoms with van der Waals surface area (Å²) in [6, 6.07) is 6.11. The molecule has 0 spiro atoms. The molecule has 0 fully saturated rings. The van der Waals surface area contributed by atoms with Gasteiger partial charge in [0.1, 0.15) is 11.6 Å². The van der Waals surface area contributed by atoms with Gasteiger partial charge >= 0.3 is 0 Å². The van der Waals surface area contributed by atoms with Gasteiger partial charge in [-0.25, -0.2) is 9.97 Å². The fourth-order valence-corrected chi connectivity index (χ4v) is 2.00. The molecule has 0 amide bonds. The summed E-state index contributed by atoms with van der Waals surface area (Å²) in [7, 11) is 1.99. The fourth-order valence-electron chi connectivity index (χ4n) is 2.00. The monoisotopic (exact) mass is 241 g/mol. The van der Waals surface area contributed by atoms with Crippen molar-refractivity contribution in [2.75, 3.05) is 5.32 Å². The normalized spacial score (nSPS) is 11.0. The molecule has 2 N–H and O–H groups in total. The molecule has 0 radical (unpaired) electrons. The highest BCUT2D eigenvalue weighted by Gasteiger charge is 2.02. The molecule has 1 aromatic carbocycles. The van der Waals surface area contributed by atoms with Gasteiger partial charge in [-0.05, 0) is 25.1 Å². The first-order chi connectivity index (χ1) is 8.72. The Labute approximate surface area is 105 Å². The van der Waals surface area contributed by atoms with E-state index >= 15 is 0 Å². The molecule has 0 bridgehead atoms. The molecular weight excluding hydrogens is 226 g/mol. The van der Waals surface area contributed by atoms with E-state index in [9.17, 15) is 0 Å². The summed E-state index contributed by atoms with van der Waals surface area (Å²) in [5.41, 5.74) is 3.11. The van der Waals surface area contributed by atoms with E-state index in [1.807, 2.05) is 36.9 Å². The number of fused-ring (bicyclic) bond motifs is 1. The molecule has 2 heterocycles. The molecule has 18 heavy (non-hydrogen) atoms. The van der Waals surface area contributed by atoms with E-state index in [1.54, 1.807) is 6.20 Å². The number of hydrogen-bond acceptors (Lipinski definition) is 3. The van der Waals surface area contributed by atoms with Crippen LogP contribution in [0.3, 0.4) is 0 Å². The van der Waals surface area contributed by atoms with Crippen molar-refractivity contribution < 1.29 is 0 Å². The van der Waals surface area contributed by atoms with Crippen molar-refractivity contribution in [3.8, 4) is 0 Å². The minimum Gasteiger partial charge on any atom is -0.378 e. The topological polar surface area (TPSA) is 58.5 Å². The largest absolute Gasteiger partial charge is 0.378 e. The van der Waals surface area contributed by atoms with Gasteiger partial charge in [-0.3, -0.25) is 0 Å². The molecule has 3 aromatic rings. The summed E-state index contributed by atoms with van der Waals surface area (Å²) in [5, 5.41) is 3.36. The molecule has 5 heteroatoms. The van der Waals surface area contributed by atoms with E-state index in [0.717, 1.165) is 28.4 Å². The van der Waals surface area contributed by atoms with Crippen molar-refractivity contribution in [2.24, 2.45) is 7.05 Å². The third-order valence-electron chi connectivity index (χ3n) is 2.97. The van der Waals surface area contributed by atoms with Gasteiger partial charge < -0.3 is 14.9 Å². The second-order valence-electron chi connectivity index (χ2n) is 4.36. The highest BCUT2D eigenvalue weighted by Crippen LogP contribution is 2.17. The number of aromatic nitrogens is 4. The maximum absolute atomic E-state index is 4.38. The summed E-state index contributed by atoms with van der Waals surface area (Å²) >= 11 is 0. The first kappa shape index (κ1) is 10.8. The van der Waals surface area contributed by atoms with Crippen LogP contribution in [0.25, 0.3) is 11.0 Å². The number of imidazole rings is 2. The summed E-state index contributed by atoms with van der Waals surface area (Å²) in [6.07, 6.45) is 3.75. The summed E-state index contributed by atoms with van der Waals surface area (Å²) in [5.74, 6) is 1.95. The highest BCUT2D eigenvalue weighted by atomic mass is 15.1. The Morgan fingerprint density at radius 1 is 1.39 bits per heavy atom. The Morgan fingerprint density at radius 3 is 3.06 bits per heavy atom. The van der Waals surface area contributed by atoms with Crippen LogP contribution in [-0.2, 0) is 13.6 Å². The number of rotatable bonds is 3. The number of nitrogens with one attached hydrogen (secondary N) is 2. The molecule has 0 saturated heterocycles. The van der Waals surface area contributed by atoms with Crippen LogP contribution in [0.5, 0.6) is 0 Å².